The zero-order valence-electron chi connectivity index (χ0n) is 11.3. The van der Waals surface area contributed by atoms with Gasteiger partial charge >= 0.3 is 50.0 Å². The Morgan fingerprint density at radius 2 is 1.00 bits per heavy atom. The van der Waals surface area contributed by atoms with Crippen molar-refractivity contribution in [1.29, 1.82) is 0 Å². The molecule has 4 aromatic carbocycles. The Kier molecular flexibility index (Phi) is 8.00. The molecule has 21 heavy (non-hydrogen) atoms. The van der Waals surface area contributed by atoms with E-state index >= 15 is 0 Å². The largest absolute Gasteiger partial charge is 0.168 e. The van der Waals surface area contributed by atoms with Crippen LogP contribution >= 0.6 is 38.4 Å². The van der Waals surface area contributed by atoms with Crippen molar-refractivity contribution in [3.8, 4) is 0 Å². The standard InChI is InChI=1S/2C9H7.2HI.Ti/c2*1-2-5-9-7-3-6-8(9)4-1;;;/h2*1-7H;2*1H;/q2*-1;;;+2/p-2. The van der Waals surface area contributed by atoms with Gasteiger partial charge in [0.25, 0.3) is 0 Å². The molecule has 0 fully saturated rings. The van der Waals surface area contributed by atoms with E-state index in [2.05, 4.69) is 123 Å². The first-order valence-electron chi connectivity index (χ1n) is 6.52. The maximum absolute atomic E-state index is 2.40. The van der Waals surface area contributed by atoms with Crippen LogP contribution in [0.2, 0.25) is 0 Å². The van der Waals surface area contributed by atoms with Crippen LogP contribution in [0.1, 0.15) is 0 Å². The van der Waals surface area contributed by atoms with Gasteiger partial charge in [-0.2, -0.15) is 35.0 Å². The molecule has 0 aliphatic rings. The van der Waals surface area contributed by atoms with Gasteiger partial charge in [0.2, 0.25) is 0 Å². The number of fused-ring (bicyclic) bond motifs is 2. The minimum atomic E-state index is 0.440. The van der Waals surface area contributed by atoms with Crippen molar-refractivity contribution in [2.45, 2.75) is 0 Å². The van der Waals surface area contributed by atoms with Crippen LogP contribution in [0, 0.1) is 0 Å². The summed E-state index contributed by atoms with van der Waals surface area (Å²) in [5.41, 5.74) is 0. The van der Waals surface area contributed by atoms with Crippen molar-refractivity contribution in [2.75, 3.05) is 0 Å². The van der Waals surface area contributed by atoms with Gasteiger partial charge in [0, 0.05) is 0 Å². The zero-order valence-corrected chi connectivity index (χ0v) is 17.2. The van der Waals surface area contributed by atoms with Gasteiger partial charge in [-0.05, 0) is 0 Å². The monoisotopic (exact) mass is 532 g/mol. The second-order valence-corrected chi connectivity index (χ2v) is 17.6. The number of rotatable bonds is 0. The van der Waals surface area contributed by atoms with Gasteiger partial charge in [-0.1, -0.05) is 12.1 Å². The van der Waals surface area contributed by atoms with Gasteiger partial charge in [-0.3, -0.25) is 0 Å². The topological polar surface area (TPSA) is 0 Å². The number of hydrogen-bond donors (Lipinski definition) is 0. The van der Waals surface area contributed by atoms with Crippen molar-refractivity contribution >= 4 is 59.9 Å². The molecule has 0 N–H and O–H groups in total. The SMILES string of the molecule is [I][Ti][I].c1ccc2[cH-]ccc2c1.c1ccc2[cH-]ccc2c1. The van der Waals surface area contributed by atoms with E-state index < -0.39 is 0 Å². The molecule has 0 nitrogen and oxygen atoms in total. The minimum absolute atomic E-state index is 0.440. The van der Waals surface area contributed by atoms with E-state index in [0.717, 1.165) is 0 Å². The fourth-order valence-electron chi connectivity index (χ4n) is 2.14. The Balaban J connectivity index is 0.000000130. The molecule has 3 heteroatoms. The third kappa shape index (κ3) is 5.51. The van der Waals surface area contributed by atoms with Gasteiger partial charge in [0.15, 0.2) is 0 Å². The van der Waals surface area contributed by atoms with Crippen LogP contribution in [0.3, 0.4) is 0 Å². The maximum atomic E-state index is 2.40. The Labute approximate surface area is 154 Å². The molecule has 0 saturated heterocycles. The molecule has 0 saturated carbocycles. The van der Waals surface area contributed by atoms with Crippen molar-refractivity contribution in [3.05, 3.63) is 84.9 Å². The van der Waals surface area contributed by atoms with E-state index in [4.69, 9.17) is 0 Å². The quantitative estimate of drug-likeness (QED) is 0.132. The summed E-state index contributed by atoms with van der Waals surface area (Å²) in [6, 6.07) is 29.3. The van der Waals surface area contributed by atoms with Crippen molar-refractivity contribution in [3.63, 3.8) is 0 Å². The average Bonchev–Trinajstić information content (AvgIpc) is 3.17. The van der Waals surface area contributed by atoms with Gasteiger partial charge < -0.3 is 0 Å². The van der Waals surface area contributed by atoms with Crippen LogP contribution in [-0.4, -0.2) is 0 Å². The van der Waals surface area contributed by atoms with Gasteiger partial charge in [0.1, 0.15) is 0 Å². The predicted octanol–water partition coefficient (Wildman–Crippen LogP) is 6.89. The zero-order chi connectivity index (χ0) is 14.9. The van der Waals surface area contributed by atoms with Crippen LogP contribution in [0.25, 0.3) is 21.5 Å². The van der Waals surface area contributed by atoms with E-state index in [0.29, 0.717) is 11.7 Å². The van der Waals surface area contributed by atoms with Gasteiger partial charge in [0.05, 0.1) is 0 Å². The van der Waals surface area contributed by atoms with Crippen LogP contribution in [-0.2, 0) is 11.7 Å². The molecule has 0 radical (unpaired) electrons. The molecular weight excluding hydrogens is 518 g/mol. The molecule has 0 aliphatic carbocycles. The van der Waals surface area contributed by atoms with Crippen molar-refractivity contribution < 1.29 is 11.7 Å². The maximum Gasteiger partial charge on any atom is -0.0809 e. The van der Waals surface area contributed by atoms with E-state index in [1.54, 1.807) is 0 Å². The first kappa shape index (κ1) is 17.2. The van der Waals surface area contributed by atoms with E-state index in [1.807, 2.05) is 0 Å². The first-order valence-corrected chi connectivity index (χ1v) is 16.6. The summed E-state index contributed by atoms with van der Waals surface area (Å²) in [4.78, 5) is 0. The van der Waals surface area contributed by atoms with Crippen LogP contribution in [0.15, 0.2) is 84.9 Å². The molecule has 0 amide bonds. The fourth-order valence-corrected chi connectivity index (χ4v) is 2.14. The third-order valence-corrected chi connectivity index (χ3v) is 3.10. The summed E-state index contributed by atoms with van der Waals surface area (Å²) >= 11 is 5.24. The van der Waals surface area contributed by atoms with E-state index in [1.165, 1.54) is 21.5 Å². The Hall–Kier alpha value is -0.166. The fraction of sp³-hybridized carbons (Fsp3) is 0. The number of benzene rings is 2. The van der Waals surface area contributed by atoms with Crippen molar-refractivity contribution in [1.82, 2.24) is 0 Å². The summed E-state index contributed by atoms with van der Waals surface area (Å²) in [5.74, 6) is 0. The predicted molar refractivity (Wildman–Crippen MR) is 107 cm³/mol. The van der Waals surface area contributed by atoms with Crippen LogP contribution in [0.5, 0.6) is 0 Å². The minimum Gasteiger partial charge on any atom is -0.168 e. The van der Waals surface area contributed by atoms with Crippen molar-refractivity contribution in [2.24, 2.45) is 0 Å². The molecule has 4 rings (SSSR count). The molecular formula is C18H14I2Ti-2. The smallest absolute Gasteiger partial charge is 0.0809 e. The van der Waals surface area contributed by atoms with Gasteiger partial charge in [-0.25, -0.2) is 0 Å². The summed E-state index contributed by atoms with van der Waals surface area (Å²) in [7, 11) is 0. The summed E-state index contributed by atoms with van der Waals surface area (Å²) in [5, 5.41) is 5.32. The Morgan fingerprint density at radius 1 is 0.619 bits per heavy atom. The molecule has 4 aromatic rings. The molecule has 0 spiro atoms. The molecule has 0 unspecified atom stereocenters. The molecule has 0 aromatic heterocycles. The summed E-state index contributed by atoms with van der Waals surface area (Å²) < 4.78 is 0. The number of halogens is 2. The molecule has 0 heterocycles. The number of hydrogen-bond acceptors (Lipinski definition) is 0. The molecule has 0 bridgehead atoms. The Bertz CT molecular complexity index is 644. The van der Waals surface area contributed by atoms with E-state index in [-0.39, 0.29) is 0 Å². The molecule has 0 atom stereocenters. The Morgan fingerprint density at radius 3 is 1.38 bits per heavy atom. The van der Waals surface area contributed by atoms with Crippen LogP contribution < -0.4 is 0 Å². The second-order valence-electron chi connectivity index (χ2n) is 4.38. The summed E-state index contributed by atoms with van der Waals surface area (Å²) in [6.07, 6.45) is 0. The summed E-state index contributed by atoms with van der Waals surface area (Å²) in [6.45, 7) is 0. The average molecular weight is 532 g/mol. The van der Waals surface area contributed by atoms with Crippen LogP contribution in [0.4, 0.5) is 0 Å². The van der Waals surface area contributed by atoms with Gasteiger partial charge in [-0.15, -0.1) is 59.3 Å². The second kappa shape index (κ2) is 9.77. The molecule has 0 aliphatic heterocycles. The first-order chi connectivity index (χ1) is 10.3. The third-order valence-electron chi connectivity index (χ3n) is 3.10. The van der Waals surface area contributed by atoms with E-state index in [9.17, 15) is 0 Å². The normalized spacial score (nSPS) is 9.43. The molecule has 106 valence electrons.